The van der Waals surface area contributed by atoms with Crippen LogP contribution in [-0.2, 0) is 10.2 Å². The van der Waals surface area contributed by atoms with E-state index in [1.165, 1.54) is 7.11 Å². The first-order chi connectivity index (χ1) is 8.13. The van der Waals surface area contributed by atoms with Gasteiger partial charge in [-0.1, -0.05) is 45.0 Å². The van der Waals surface area contributed by atoms with Gasteiger partial charge in [-0.15, -0.1) is 0 Å². The van der Waals surface area contributed by atoms with E-state index >= 15 is 0 Å². The highest BCUT2D eigenvalue weighted by Gasteiger charge is 2.33. The molecule has 4 heteroatoms. The fourth-order valence-corrected chi connectivity index (χ4v) is 1.75. The Morgan fingerprint density at radius 3 is 2.22 bits per heavy atom. The van der Waals surface area contributed by atoms with E-state index in [1.807, 2.05) is 26.8 Å². The second kappa shape index (κ2) is 5.31. The molecule has 0 fully saturated rings. The Morgan fingerprint density at radius 1 is 1.17 bits per heavy atom. The lowest BCUT2D eigenvalue weighted by molar-refractivity contribution is -0.158. The van der Waals surface area contributed by atoms with Crippen molar-refractivity contribution in [2.75, 3.05) is 7.11 Å². The number of ether oxygens (including phenoxy) is 1. The monoisotopic (exact) mass is 260 g/mol. The molecule has 1 rings (SSSR count). The Bertz CT molecular complexity index is 391. The molecule has 0 aliphatic heterocycles. The predicted octanol–water partition coefficient (Wildman–Crippen LogP) is 4.62. The van der Waals surface area contributed by atoms with Gasteiger partial charge in [0.2, 0.25) is 0 Å². The number of hydrogen-bond donors (Lipinski definition) is 0. The molecule has 1 atom stereocenters. The predicted molar refractivity (Wildman–Crippen MR) is 65.6 cm³/mol. The summed E-state index contributed by atoms with van der Waals surface area (Å²) in [7, 11) is 1.31. The zero-order valence-corrected chi connectivity index (χ0v) is 11.1. The van der Waals surface area contributed by atoms with Crippen LogP contribution in [0.1, 0.15) is 44.4 Å². The maximum atomic E-state index is 12.4. The fraction of sp³-hybridized carbons (Fsp3) is 0.571. The van der Waals surface area contributed by atoms with E-state index in [0.717, 1.165) is 5.56 Å². The van der Waals surface area contributed by atoms with Crippen LogP contribution in [-0.4, -0.2) is 13.3 Å². The second-order valence-corrected chi connectivity index (χ2v) is 5.42. The Labute approximate surface area is 106 Å². The first kappa shape index (κ1) is 15.0. The third-order valence-electron chi connectivity index (χ3n) is 2.83. The molecule has 18 heavy (non-hydrogen) atoms. The van der Waals surface area contributed by atoms with Crippen molar-refractivity contribution in [1.29, 1.82) is 0 Å². The van der Waals surface area contributed by atoms with Crippen LogP contribution < -0.4 is 0 Å². The molecule has 0 radical (unpaired) electrons. The highest BCUT2D eigenvalue weighted by atomic mass is 19.4. The maximum absolute atomic E-state index is 12.4. The molecule has 0 aliphatic rings. The molecule has 1 aromatic carbocycles. The summed E-state index contributed by atoms with van der Waals surface area (Å²) in [5.74, 6) is 0. The van der Waals surface area contributed by atoms with Gasteiger partial charge >= 0.3 is 6.18 Å². The minimum atomic E-state index is -4.22. The van der Waals surface area contributed by atoms with Crippen LogP contribution in [0.3, 0.4) is 0 Å². The SMILES string of the molecule is COC(CC(F)(F)F)c1cccc(C(C)(C)C)c1. The van der Waals surface area contributed by atoms with Crippen molar-refractivity contribution in [1.82, 2.24) is 0 Å². The number of hydrogen-bond acceptors (Lipinski definition) is 1. The molecule has 0 saturated heterocycles. The van der Waals surface area contributed by atoms with E-state index in [2.05, 4.69) is 0 Å². The van der Waals surface area contributed by atoms with Crippen molar-refractivity contribution in [3.8, 4) is 0 Å². The minimum Gasteiger partial charge on any atom is -0.376 e. The first-order valence-corrected chi connectivity index (χ1v) is 5.83. The Hall–Kier alpha value is -1.03. The normalized spacial score (nSPS) is 14.6. The van der Waals surface area contributed by atoms with Crippen LogP contribution >= 0.6 is 0 Å². The topological polar surface area (TPSA) is 9.23 Å². The average Bonchev–Trinajstić information content (AvgIpc) is 2.23. The number of benzene rings is 1. The van der Waals surface area contributed by atoms with Gasteiger partial charge in [0, 0.05) is 7.11 Å². The van der Waals surface area contributed by atoms with Crippen LogP contribution in [0.2, 0.25) is 0 Å². The Kier molecular flexibility index (Phi) is 4.43. The highest BCUT2D eigenvalue weighted by molar-refractivity contribution is 5.30. The van der Waals surface area contributed by atoms with Crippen molar-refractivity contribution in [3.05, 3.63) is 35.4 Å². The summed E-state index contributed by atoms with van der Waals surface area (Å²) < 4.78 is 42.3. The van der Waals surface area contributed by atoms with Crippen molar-refractivity contribution < 1.29 is 17.9 Å². The van der Waals surface area contributed by atoms with Gasteiger partial charge in [0.1, 0.15) is 0 Å². The van der Waals surface area contributed by atoms with Gasteiger partial charge in [0.25, 0.3) is 0 Å². The molecule has 0 spiro atoms. The van der Waals surface area contributed by atoms with Gasteiger partial charge in [-0.2, -0.15) is 13.2 Å². The lowest BCUT2D eigenvalue weighted by atomic mass is 9.85. The summed E-state index contributed by atoms with van der Waals surface area (Å²) in [6.45, 7) is 6.08. The fourth-order valence-electron chi connectivity index (χ4n) is 1.75. The molecule has 0 heterocycles. The highest BCUT2D eigenvalue weighted by Crippen LogP contribution is 2.33. The van der Waals surface area contributed by atoms with E-state index in [0.29, 0.717) is 5.56 Å². The molecule has 102 valence electrons. The zero-order valence-electron chi connectivity index (χ0n) is 11.1. The van der Waals surface area contributed by atoms with Gasteiger partial charge in [-0.3, -0.25) is 0 Å². The summed E-state index contributed by atoms with van der Waals surface area (Å²) in [4.78, 5) is 0. The van der Waals surface area contributed by atoms with E-state index < -0.39 is 18.7 Å². The van der Waals surface area contributed by atoms with Crippen LogP contribution in [0.5, 0.6) is 0 Å². The second-order valence-electron chi connectivity index (χ2n) is 5.42. The number of halogens is 3. The lowest BCUT2D eigenvalue weighted by Gasteiger charge is -2.23. The maximum Gasteiger partial charge on any atom is 0.391 e. The summed E-state index contributed by atoms with van der Waals surface area (Å²) in [5, 5.41) is 0. The third kappa shape index (κ3) is 4.33. The summed E-state index contributed by atoms with van der Waals surface area (Å²) in [6, 6.07) is 7.16. The molecular formula is C14H19F3O. The van der Waals surface area contributed by atoms with E-state index in [1.54, 1.807) is 18.2 Å². The van der Waals surface area contributed by atoms with Gasteiger partial charge in [0.15, 0.2) is 0 Å². The van der Waals surface area contributed by atoms with Gasteiger partial charge in [-0.25, -0.2) is 0 Å². The van der Waals surface area contributed by atoms with Crippen LogP contribution in [0, 0.1) is 0 Å². The molecular weight excluding hydrogens is 241 g/mol. The standard InChI is InChI=1S/C14H19F3O/c1-13(2,3)11-7-5-6-10(8-11)12(18-4)9-14(15,16)17/h5-8,12H,9H2,1-4H3. The molecule has 0 aromatic heterocycles. The Balaban J connectivity index is 3.00. The van der Waals surface area contributed by atoms with Crippen LogP contribution in [0.15, 0.2) is 24.3 Å². The van der Waals surface area contributed by atoms with Gasteiger partial charge in [0.05, 0.1) is 12.5 Å². The molecule has 0 aliphatic carbocycles. The molecule has 0 amide bonds. The van der Waals surface area contributed by atoms with Gasteiger partial charge in [-0.05, 0) is 16.5 Å². The number of alkyl halides is 3. The lowest BCUT2D eigenvalue weighted by Crippen LogP contribution is -2.17. The van der Waals surface area contributed by atoms with E-state index in [-0.39, 0.29) is 5.41 Å². The minimum absolute atomic E-state index is 0.0907. The van der Waals surface area contributed by atoms with Gasteiger partial charge < -0.3 is 4.74 Å². The van der Waals surface area contributed by atoms with E-state index in [9.17, 15) is 13.2 Å². The van der Waals surface area contributed by atoms with Crippen molar-refractivity contribution >= 4 is 0 Å². The first-order valence-electron chi connectivity index (χ1n) is 5.83. The zero-order chi connectivity index (χ0) is 14.0. The van der Waals surface area contributed by atoms with Crippen molar-refractivity contribution in [2.45, 2.75) is 44.9 Å². The summed E-state index contributed by atoms with van der Waals surface area (Å²) in [5.41, 5.74) is 1.48. The van der Waals surface area contributed by atoms with Crippen LogP contribution in [0.4, 0.5) is 13.2 Å². The third-order valence-corrected chi connectivity index (χ3v) is 2.83. The Morgan fingerprint density at radius 2 is 1.78 bits per heavy atom. The number of rotatable bonds is 3. The molecule has 1 nitrogen and oxygen atoms in total. The molecule has 0 bridgehead atoms. The van der Waals surface area contributed by atoms with Crippen LogP contribution in [0.25, 0.3) is 0 Å². The van der Waals surface area contributed by atoms with E-state index in [4.69, 9.17) is 4.74 Å². The summed E-state index contributed by atoms with van der Waals surface area (Å²) in [6.07, 6.45) is -6.12. The van der Waals surface area contributed by atoms with Crippen molar-refractivity contribution in [2.24, 2.45) is 0 Å². The molecule has 0 N–H and O–H groups in total. The molecule has 1 unspecified atom stereocenters. The molecule has 1 aromatic rings. The largest absolute Gasteiger partial charge is 0.391 e. The smallest absolute Gasteiger partial charge is 0.376 e. The average molecular weight is 260 g/mol. The van der Waals surface area contributed by atoms with Crippen molar-refractivity contribution in [3.63, 3.8) is 0 Å². The quantitative estimate of drug-likeness (QED) is 0.770. The molecule has 0 saturated carbocycles. The number of methoxy groups -OCH3 is 1. The summed E-state index contributed by atoms with van der Waals surface area (Å²) >= 11 is 0.